The van der Waals surface area contributed by atoms with Crippen molar-refractivity contribution in [3.63, 3.8) is 0 Å². The summed E-state index contributed by atoms with van der Waals surface area (Å²) in [6.07, 6.45) is -4.75. The van der Waals surface area contributed by atoms with Crippen molar-refractivity contribution in [2.24, 2.45) is 0 Å². The molecule has 0 aliphatic carbocycles. The Balaban J connectivity index is 2.72. The first-order chi connectivity index (χ1) is 8.78. The third kappa shape index (κ3) is 4.58. The molecule has 19 heavy (non-hydrogen) atoms. The van der Waals surface area contributed by atoms with Gasteiger partial charge in [0.1, 0.15) is 24.9 Å². The summed E-state index contributed by atoms with van der Waals surface area (Å²) in [4.78, 5) is 10.8. The van der Waals surface area contributed by atoms with Crippen LogP contribution >= 0.6 is 0 Å². The molecule has 0 amide bonds. The third-order valence-corrected chi connectivity index (χ3v) is 2.91. The second kappa shape index (κ2) is 6.48. The van der Waals surface area contributed by atoms with Crippen molar-refractivity contribution < 1.29 is 41.4 Å². The molecule has 1 saturated heterocycles. The first-order valence-corrected chi connectivity index (χ1v) is 7.05. The van der Waals surface area contributed by atoms with Crippen LogP contribution in [0.25, 0.3) is 0 Å². The molecule has 0 saturated carbocycles. The summed E-state index contributed by atoms with van der Waals surface area (Å²) in [7, 11) is -1.42. The van der Waals surface area contributed by atoms with Gasteiger partial charge in [0.15, 0.2) is 6.29 Å². The maximum Gasteiger partial charge on any atom is 0.508 e. The molecule has 0 radical (unpaired) electrons. The standard InChI is InChI=1S/C9H16O9S/c1-14-8-6(10)7(18-19(3,12)13)5(17-8)4-16-9(11)15-2/h5-8,10H,4H2,1-3H3/t5-,6-,7+,8?/m1/s1. The summed E-state index contributed by atoms with van der Waals surface area (Å²) in [5.74, 6) is 0. The van der Waals surface area contributed by atoms with Gasteiger partial charge in [0, 0.05) is 7.11 Å². The van der Waals surface area contributed by atoms with E-state index in [0.29, 0.717) is 0 Å². The van der Waals surface area contributed by atoms with Crippen molar-refractivity contribution in [1.29, 1.82) is 0 Å². The van der Waals surface area contributed by atoms with Gasteiger partial charge in [-0.1, -0.05) is 0 Å². The molecule has 1 heterocycles. The number of carbonyl (C=O) groups excluding carboxylic acids is 1. The van der Waals surface area contributed by atoms with Crippen LogP contribution in [0.3, 0.4) is 0 Å². The van der Waals surface area contributed by atoms with Crippen LogP contribution in [0.15, 0.2) is 0 Å². The molecule has 0 bridgehead atoms. The first kappa shape index (κ1) is 16.1. The van der Waals surface area contributed by atoms with Gasteiger partial charge in [0.2, 0.25) is 0 Å². The van der Waals surface area contributed by atoms with Gasteiger partial charge in [0.05, 0.1) is 13.4 Å². The van der Waals surface area contributed by atoms with Crippen molar-refractivity contribution in [3.8, 4) is 0 Å². The van der Waals surface area contributed by atoms with Crippen LogP contribution < -0.4 is 0 Å². The second-order valence-corrected chi connectivity index (χ2v) is 5.40. The van der Waals surface area contributed by atoms with Gasteiger partial charge in [-0.05, 0) is 0 Å². The molecular formula is C9H16O9S. The lowest BCUT2D eigenvalue weighted by Crippen LogP contribution is -2.39. The third-order valence-electron chi connectivity index (χ3n) is 2.34. The van der Waals surface area contributed by atoms with Crippen LogP contribution in [-0.2, 0) is 33.2 Å². The van der Waals surface area contributed by atoms with Gasteiger partial charge in [-0.15, -0.1) is 0 Å². The van der Waals surface area contributed by atoms with Crippen LogP contribution in [0.5, 0.6) is 0 Å². The Labute approximate surface area is 110 Å². The molecule has 1 N–H and O–H groups in total. The topological polar surface area (TPSA) is 118 Å². The molecule has 9 nitrogen and oxygen atoms in total. The molecule has 0 aromatic rings. The van der Waals surface area contributed by atoms with E-state index in [2.05, 4.69) is 9.47 Å². The van der Waals surface area contributed by atoms with Crippen molar-refractivity contribution in [1.82, 2.24) is 0 Å². The van der Waals surface area contributed by atoms with E-state index < -0.39 is 40.9 Å². The molecule has 112 valence electrons. The van der Waals surface area contributed by atoms with Crippen LogP contribution in [-0.4, -0.2) is 71.4 Å². The average molecular weight is 300 g/mol. The summed E-state index contributed by atoms with van der Waals surface area (Å²) < 4.78 is 45.8. The van der Waals surface area contributed by atoms with Gasteiger partial charge in [-0.2, -0.15) is 8.42 Å². The number of carbonyl (C=O) groups is 1. The molecule has 1 fully saturated rings. The van der Waals surface area contributed by atoms with E-state index in [1.54, 1.807) is 0 Å². The van der Waals surface area contributed by atoms with Gasteiger partial charge in [0.25, 0.3) is 10.1 Å². The highest BCUT2D eigenvalue weighted by Gasteiger charge is 2.47. The lowest BCUT2D eigenvalue weighted by molar-refractivity contribution is -0.154. The van der Waals surface area contributed by atoms with E-state index in [1.165, 1.54) is 7.11 Å². The summed E-state index contributed by atoms with van der Waals surface area (Å²) in [5, 5.41) is 9.79. The first-order valence-electron chi connectivity index (χ1n) is 5.24. The van der Waals surface area contributed by atoms with E-state index in [4.69, 9.17) is 13.7 Å². The minimum absolute atomic E-state index is 0.343. The molecule has 1 aliphatic rings. The van der Waals surface area contributed by atoms with Crippen molar-refractivity contribution in [3.05, 3.63) is 0 Å². The van der Waals surface area contributed by atoms with Crippen LogP contribution in [0.2, 0.25) is 0 Å². The fourth-order valence-corrected chi connectivity index (χ4v) is 2.21. The molecule has 1 aliphatic heterocycles. The highest BCUT2D eigenvalue weighted by Crippen LogP contribution is 2.26. The largest absolute Gasteiger partial charge is 0.508 e. The summed E-state index contributed by atoms with van der Waals surface area (Å²) in [6.45, 7) is -0.343. The molecule has 0 spiro atoms. The van der Waals surface area contributed by atoms with Crippen molar-refractivity contribution >= 4 is 16.3 Å². The SMILES string of the molecule is COC(=O)OC[C@H]1OC(OC)[C@H](O)[C@H]1OS(C)(=O)=O. The van der Waals surface area contributed by atoms with Crippen molar-refractivity contribution in [2.45, 2.75) is 24.6 Å². The predicted octanol–water partition coefficient (Wildman–Crippen LogP) is -1.15. The quantitative estimate of drug-likeness (QED) is 0.495. The van der Waals surface area contributed by atoms with E-state index in [1.807, 2.05) is 0 Å². The molecule has 0 aromatic carbocycles. The van der Waals surface area contributed by atoms with Crippen molar-refractivity contribution in [2.75, 3.05) is 27.1 Å². The highest BCUT2D eigenvalue weighted by atomic mass is 32.2. The number of hydrogen-bond donors (Lipinski definition) is 1. The van der Waals surface area contributed by atoms with Gasteiger partial charge < -0.3 is 24.1 Å². The van der Waals surface area contributed by atoms with E-state index >= 15 is 0 Å². The minimum Gasteiger partial charge on any atom is -0.438 e. The summed E-state index contributed by atoms with van der Waals surface area (Å²) >= 11 is 0. The maximum absolute atomic E-state index is 11.1. The Morgan fingerprint density at radius 2 is 2.00 bits per heavy atom. The number of methoxy groups -OCH3 is 2. The number of ether oxygens (including phenoxy) is 4. The maximum atomic E-state index is 11.1. The molecular weight excluding hydrogens is 284 g/mol. The summed E-state index contributed by atoms with van der Waals surface area (Å²) in [5.41, 5.74) is 0. The number of aliphatic hydroxyl groups excluding tert-OH is 1. The Morgan fingerprint density at radius 3 is 2.47 bits per heavy atom. The lowest BCUT2D eigenvalue weighted by Gasteiger charge is -2.18. The second-order valence-electron chi connectivity index (χ2n) is 3.80. The fraction of sp³-hybridized carbons (Fsp3) is 0.889. The van der Waals surface area contributed by atoms with Gasteiger partial charge in [-0.25, -0.2) is 4.79 Å². The monoisotopic (exact) mass is 300 g/mol. The molecule has 0 aromatic heterocycles. The van der Waals surface area contributed by atoms with E-state index in [-0.39, 0.29) is 6.61 Å². The zero-order valence-corrected chi connectivity index (χ0v) is 11.5. The number of aliphatic hydroxyl groups is 1. The Hall–Kier alpha value is -0.940. The average Bonchev–Trinajstić information content (AvgIpc) is 2.61. The van der Waals surface area contributed by atoms with Crippen LogP contribution in [0.4, 0.5) is 4.79 Å². The zero-order chi connectivity index (χ0) is 14.6. The van der Waals surface area contributed by atoms with E-state index in [9.17, 15) is 18.3 Å². The Morgan fingerprint density at radius 1 is 1.37 bits per heavy atom. The molecule has 4 atom stereocenters. The fourth-order valence-electron chi connectivity index (χ4n) is 1.56. The Bertz CT molecular complexity index is 406. The summed E-state index contributed by atoms with van der Waals surface area (Å²) in [6, 6.07) is 0. The molecule has 1 rings (SSSR count). The smallest absolute Gasteiger partial charge is 0.438 e. The van der Waals surface area contributed by atoms with E-state index in [0.717, 1.165) is 13.4 Å². The lowest BCUT2D eigenvalue weighted by atomic mass is 10.1. The normalized spacial score (nSPS) is 31.2. The van der Waals surface area contributed by atoms with Gasteiger partial charge >= 0.3 is 6.16 Å². The zero-order valence-electron chi connectivity index (χ0n) is 10.6. The molecule has 1 unspecified atom stereocenters. The van der Waals surface area contributed by atoms with Crippen LogP contribution in [0, 0.1) is 0 Å². The number of rotatable bonds is 5. The van der Waals surface area contributed by atoms with Gasteiger partial charge in [-0.3, -0.25) is 4.18 Å². The Kier molecular flexibility index (Phi) is 5.50. The minimum atomic E-state index is -3.82. The molecule has 10 heteroatoms. The van der Waals surface area contributed by atoms with Crippen LogP contribution in [0.1, 0.15) is 0 Å². The predicted molar refractivity (Wildman–Crippen MR) is 59.8 cm³/mol. The highest BCUT2D eigenvalue weighted by molar-refractivity contribution is 7.86. The number of hydrogen-bond acceptors (Lipinski definition) is 9.